The maximum Gasteiger partial charge on any atom is 0.170 e. The second-order valence-electron chi connectivity index (χ2n) is 4.33. The van der Waals surface area contributed by atoms with Gasteiger partial charge in [-0.25, -0.2) is 4.98 Å². The first-order valence-corrected chi connectivity index (χ1v) is 6.77. The van der Waals surface area contributed by atoms with Crippen LogP contribution in [0.5, 0.6) is 0 Å². The zero-order valence-electron chi connectivity index (χ0n) is 11.2. The van der Waals surface area contributed by atoms with Crippen molar-refractivity contribution in [3.05, 3.63) is 52.1 Å². The molecule has 0 aliphatic heterocycles. The third-order valence-corrected chi connectivity index (χ3v) is 3.85. The van der Waals surface area contributed by atoms with Crippen LogP contribution in [0.4, 0.5) is 11.5 Å². The highest BCUT2D eigenvalue weighted by Crippen LogP contribution is 2.24. The van der Waals surface area contributed by atoms with Gasteiger partial charge in [-0.3, -0.25) is 0 Å². The highest BCUT2D eigenvalue weighted by molar-refractivity contribution is 9.10. The van der Waals surface area contributed by atoms with Gasteiger partial charge in [0.05, 0.1) is 5.69 Å². The molecule has 2 rings (SSSR count). The minimum Gasteiger partial charge on any atom is -0.409 e. The highest BCUT2D eigenvalue weighted by Gasteiger charge is 2.07. The van der Waals surface area contributed by atoms with Crippen molar-refractivity contribution in [1.29, 1.82) is 0 Å². The molecule has 0 fully saturated rings. The SMILES string of the molecule is Cc1nc(N(C)c2ccc(/C(N)=N/O)cc2)ccc1Br. The zero-order valence-corrected chi connectivity index (χ0v) is 12.8. The van der Waals surface area contributed by atoms with Gasteiger partial charge in [0.2, 0.25) is 0 Å². The normalized spacial score (nSPS) is 11.4. The molecule has 20 heavy (non-hydrogen) atoms. The van der Waals surface area contributed by atoms with E-state index in [0.717, 1.165) is 21.7 Å². The number of aromatic nitrogens is 1. The number of aryl methyl sites for hydroxylation is 1. The number of benzene rings is 1. The summed E-state index contributed by atoms with van der Waals surface area (Å²) in [6.07, 6.45) is 0. The fourth-order valence-electron chi connectivity index (χ4n) is 1.76. The van der Waals surface area contributed by atoms with E-state index in [-0.39, 0.29) is 5.84 Å². The van der Waals surface area contributed by atoms with Gasteiger partial charge >= 0.3 is 0 Å². The number of hydrogen-bond acceptors (Lipinski definition) is 4. The molecule has 6 heteroatoms. The number of halogens is 1. The van der Waals surface area contributed by atoms with Gasteiger partial charge in [-0.15, -0.1) is 0 Å². The fourth-order valence-corrected chi connectivity index (χ4v) is 1.98. The van der Waals surface area contributed by atoms with Crippen LogP contribution in [-0.4, -0.2) is 23.1 Å². The van der Waals surface area contributed by atoms with Gasteiger partial charge < -0.3 is 15.8 Å². The van der Waals surface area contributed by atoms with E-state index in [1.165, 1.54) is 0 Å². The van der Waals surface area contributed by atoms with E-state index in [0.29, 0.717) is 5.56 Å². The number of oxime groups is 1. The Bertz CT molecular complexity index is 640. The second-order valence-corrected chi connectivity index (χ2v) is 5.18. The number of amidine groups is 1. The lowest BCUT2D eigenvalue weighted by molar-refractivity contribution is 0.318. The van der Waals surface area contributed by atoms with Crippen molar-refractivity contribution in [3.8, 4) is 0 Å². The minimum absolute atomic E-state index is 0.0943. The summed E-state index contributed by atoms with van der Waals surface area (Å²) in [4.78, 5) is 6.48. The van der Waals surface area contributed by atoms with E-state index < -0.39 is 0 Å². The van der Waals surface area contributed by atoms with Gasteiger partial charge in [-0.2, -0.15) is 0 Å². The third-order valence-electron chi connectivity index (χ3n) is 3.01. The van der Waals surface area contributed by atoms with Gasteiger partial charge in [0, 0.05) is 22.8 Å². The van der Waals surface area contributed by atoms with E-state index in [2.05, 4.69) is 26.1 Å². The van der Waals surface area contributed by atoms with Crippen molar-refractivity contribution in [3.63, 3.8) is 0 Å². The van der Waals surface area contributed by atoms with E-state index in [4.69, 9.17) is 10.9 Å². The summed E-state index contributed by atoms with van der Waals surface area (Å²) in [6.45, 7) is 1.95. The summed E-state index contributed by atoms with van der Waals surface area (Å²) in [5.41, 5.74) is 8.11. The van der Waals surface area contributed by atoms with Crippen molar-refractivity contribution in [2.75, 3.05) is 11.9 Å². The lowest BCUT2D eigenvalue weighted by atomic mass is 10.2. The molecule has 0 saturated heterocycles. The van der Waals surface area contributed by atoms with Crippen molar-refractivity contribution in [2.45, 2.75) is 6.92 Å². The van der Waals surface area contributed by atoms with Crippen LogP contribution in [0.2, 0.25) is 0 Å². The Labute approximate surface area is 125 Å². The molecule has 104 valence electrons. The van der Waals surface area contributed by atoms with Crippen LogP contribution < -0.4 is 10.6 Å². The summed E-state index contributed by atoms with van der Waals surface area (Å²) in [7, 11) is 1.94. The first-order valence-electron chi connectivity index (χ1n) is 5.97. The predicted octanol–water partition coefficient (Wildman–Crippen LogP) is 3.01. The molecule has 0 aliphatic carbocycles. The number of rotatable bonds is 3. The third kappa shape index (κ3) is 2.91. The minimum atomic E-state index is 0.0943. The van der Waals surface area contributed by atoms with Gasteiger partial charge in [-0.1, -0.05) is 5.16 Å². The number of pyridine rings is 1. The molecule has 0 radical (unpaired) electrons. The van der Waals surface area contributed by atoms with Gasteiger partial charge in [0.1, 0.15) is 5.82 Å². The molecular weight excluding hydrogens is 320 g/mol. The number of hydrogen-bond donors (Lipinski definition) is 2. The number of anilines is 2. The molecule has 0 atom stereocenters. The highest BCUT2D eigenvalue weighted by atomic mass is 79.9. The van der Waals surface area contributed by atoms with E-state index >= 15 is 0 Å². The molecular formula is C14H15BrN4O. The Morgan fingerprint density at radius 1 is 1.25 bits per heavy atom. The second kappa shape index (κ2) is 5.92. The summed E-state index contributed by atoms with van der Waals surface area (Å²) in [5, 5.41) is 11.6. The standard InChI is InChI=1S/C14H15BrN4O/c1-9-12(15)7-8-13(17-9)19(2)11-5-3-10(4-6-11)14(16)18-20/h3-8,20H,1-2H3,(H2,16,18). The Hall–Kier alpha value is -2.08. The van der Waals surface area contributed by atoms with Gasteiger partial charge in [0.15, 0.2) is 5.84 Å². The summed E-state index contributed by atoms with van der Waals surface area (Å²) in [6, 6.07) is 11.3. The van der Waals surface area contributed by atoms with Crippen molar-refractivity contribution >= 4 is 33.3 Å². The monoisotopic (exact) mass is 334 g/mol. The smallest absolute Gasteiger partial charge is 0.170 e. The largest absolute Gasteiger partial charge is 0.409 e. The van der Waals surface area contributed by atoms with Crippen LogP contribution in [0, 0.1) is 6.92 Å². The zero-order chi connectivity index (χ0) is 14.7. The van der Waals surface area contributed by atoms with E-state index in [1.807, 2.05) is 43.1 Å². The van der Waals surface area contributed by atoms with E-state index in [1.54, 1.807) is 12.1 Å². The van der Waals surface area contributed by atoms with Crippen LogP contribution in [0.1, 0.15) is 11.3 Å². The maximum absolute atomic E-state index is 8.64. The molecule has 0 amide bonds. The van der Waals surface area contributed by atoms with Crippen LogP contribution in [0.25, 0.3) is 0 Å². The van der Waals surface area contributed by atoms with E-state index in [9.17, 15) is 0 Å². The van der Waals surface area contributed by atoms with Crippen molar-refractivity contribution < 1.29 is 5.21 Å². The molecule has 3 N–H and O–H groups in total. The first kappa shape index (κ1) is 14.3. The molecule has 0 bridgehead atoms. The molecule has 0 unspecified atom stereocenters. The molecule has 1 aromatic heterocycles. The predicted molar refractivity (Wildman–Crippen MR) is 83.7 cm³/mol. The number of nitrogens with two attached hydrogens (primary N) is 1. The molecule has 5 nitrogen and oxygen atoms in total. The van der Waals surface area contributed by atoms with Crippen LogP contribution >= 0.6 is 15.9 Å². The molecule has 0 aliphatic rings. The first-order chi connectivity index (χ1) is 9.52. The average molecular weight is 335 g/mol. The lowest BCUT2D eigenvalue weighted by Gasteiger charge is -2.19. The molecule has 1 heterocycles. The van der Waals surface area contributed by atoms with Crippen molar-refractivity contribution in [2.24, 2.45) is 10.9 Å². The van der Waals surface area contributed by atoms with Crippen LogP contribution in [0.15, 0.2) is 46.0 Å². The van der Waals surface area contributed by atoms with Crippen LogP contribution in [0.3, 0.4) is 0 Å². The molecule has 1 aromatic carbocycles. The lowest BCUT2D eigenvalue weighted by Crippen LogP contribution is -2.14. The van der Waals surface area contributed by atoms with Crippen LogP contribution in [-0.2, 0) is 0 Å². The maximum atomic E-state index is 8.64. The fraction of sp³-hybridized carbons (Fsp3) is 0.143. The number of nitrogens with zero attached hydrogens (tertiary/aromatic N) is 3. The Morgan fingerprint density at radius 3 is 2.45 bits per heavy atom. The van der Waals surface area contributed by atoms with Crippen molar-refractivity contribution in [1.82, 2.24) is 4.98 Å². The Balaban J connectivity index is 2.28. The average Bonchev–Trinajstić information content (AvgIpc) is 2.48. The van der Waals surface area contributed by atoms with Gasteiger partial charge in [-0.05, 0) is 59.3 Å². The molecule has 0 saturated carbocycles. The summed E-state index contributed by atoms with van der Waals surface area (Å²) >= 11 is 3.44. The Kier molecular flexibility index (Phi) is 4.24. The topological polar surface area (TPSA) is 74.7 Å². The Morgan fingerprint density at radius 2 is 1.90 bits per heavy atom. The molecule has 2 aromatic rings. The van der Waals surface area contributed by atoms with Gasteiger partial charge in [0.25, 0.3) is 0 Å². The summed E-state index contributed by atoms with van der Waals surface area (Å²) in [5.74, 6) is 0.944. The quantitative estimate of drug-likeness (QED) is 0.391. The summed E-state index contributed by atoms with van der Waals surface area (Å²) < 4.78 is 0.983. The molecule has 0 spiro atoms.